The van der Waals surface area contributed by atoms with Crippen LogP contribution in [0.5, 0.6) is 11.8 Å². The lowest BCUT2D eigenvalue weighted by atomic mass is 10.2. The van der Waals surface area contributed by atoms with Crippen LogP contribution >= 0.6 is 0 Å². The Morgan fingerprint density at radius 3 is 2.81 bits per heavy atom. The van der Waals surface area contributed by atoms with Crippen molar-refractivity contribution in [1.82, 2.24) is 29.1 Å². The number of alkyl halides is 1. The Labute approximate surface area is 152 Å². The van der Waals surface area contributed by atoms with Crippen LogP contribution in [-0.4, -0.2) is 60.1 Å². The Hall–Kier alpha value is -3.17. The number of nitrogens with zero attached hydrogens (tertiary/aromatic N) is 5. The first-order chi connectivity index (χ1) is 13.1. The van der Waals surface area contributed by atoms with Gasteiger partial charge in [0.15, 0.2) is 11.8 Å². The van der Waals surface area contributed by atoms with Crippen LogP contribution in [0.4, 0.5) is 10.3 Å². The fourth-order valence-corrected chi connectivity index (χ4v) is 3.25. The maximum Gasteiger partial charge on any atom is 0.434 e. The zero-order valence-electron chi connectivity index (χ0n) is 14.4. The summed E-state index contributed by atoms with van der Waals surface area (Å²) in [6.45, 7) is 0.846. The molecule has 27 heavy (non-hydrogen) atoms. The van der Waals surface area contributed by atoms with Crippen LogP contribution in [0.2, 0.25) is 0 Å². The monoisotopic (exact) mass is 372 g/mol. The molecule has 0 radical (unpaired) electrons. The van der Waals surface area contributed by atoms with Gasteiger partial charge in [0, 0.05) is 24.1 Å². The second kappa shape index (κ2) is 5.93. The second-order valence-electron chi connectivity index (χ2n) is 7.04. The molecule has 3 aromatic heterocycles. The molecule has 1 unspecified atom stereocenters. The third kappa shape index (κ3) is 2.96. The lowest BCUT2D eigenvalue weighted by Gasteiger charge is -2.01. The first kappa shape index (κ1) is 16.0. The molecule has 4 N–H and O–H groups in total. The Balaban J connectivity index is 1.73. The van der Waals surface area contributed by atoms with Crippen molar-refractivity contribution >= 4 is 17.7 Å². The highest BCUT2D eigenvalue weighted by atomic mass is 19.1. The highest BCUT2D eigenvalue weighted by molar-refractivity contribution is 5.61. The Morgan fingerprint density at radius 1 is 1.30 bits per heavy atom. The fourth-order valence-electron chi connectivity index (χ4n) is 3.25. The van der Waals surface area contributed by atoms with Gasteiger partial charge >= 0.3 is 11.6 Å². The molecular weight excluding hydrogens is 353 g/mol. The van der Waals surface area contributed by atoms with E-state index in [2.05, 4.69) is 25.4 Å². The van der Waals surface area contributed by atoms with Gasteiger partial charge in [0.25, 0.3) is 0 Å². The SMILES string of the molecule is Oc1cc(C=c2cnn3c(NC4CC4)nc(=[N+]4CCC(F)C4)nc23)c(O)[nH]1. The van der Waals surface area contributed by atoms with Gasteiger partial charge in [-0.25, -0.2) is 4.39 Å². The van der Waals surface area contributed by atoms with Crippen molar-refractivity contribution in [3.05, 3.63) is 28.7 Å². The van der Waals surface area contributed by atoms with Crippen LogP contribution in [0.25, 0.3) is 11.7 Å². The van der Waals surface area contributed by atoms with E-state index >= 15 is 0 Å². The van der Waals surface area contributed by atoms with Crippen LogP contribution < -0.4 is 20.7 Å². The predicted octanol–water partition coefficient (Wildman–Crippen LogP) is -0.500. The predicted molar refractivity (Wildman–Crippen MR) is 94.9 cm³/mol. The Morgan fingerprint density at radius 2 is 2.15 bits per heavy atom. The summed E-state index contributed by atoms with van der Waals surface area (Å²) < 4.78 is 17.1. The molecule has 10 heteroatoms. The van der Waals surface area contributed by atoms with E-state index in [0.29, 0.717) is 47.0 Å². The summed E-state index contributed by atoms with van der Waals surface area (Å²) in [5.41, 5.74) is 1.43. The summed E-state index contributed by atoms with van der Waals surface area (Å²) in [6.07, 6.45) is 5.04. The third-order valence-corrected chi connectivity index (χ3v) is 4.83. The minimum atomic E-state index is -0.875. The number of hydrogen-bond donors (Lipinski definition) is 4. The number of nitrogens with one attached hydrogen (secondary N) is 2. The lowest BCUT2D eigenvalue weighted by Crippen LogP contribution is -2.35. The van der Waals surface area contributed by atoms with Crippen LogP contribution in [0, 0.1) is 0 Å². The molecule has 1 saturated carbocycles. The molecule has 5 rings (SSSR count). The van der Waals surface area contributed by atoms with Gasteiger partial charge in [0.05, 0.1) is 24.5 Å². The van der Waals surface area contributed by atoms with Crippen molar-refractivity contribution in [2.75, 3.05) is 18.4 Å². The van der Waals surface area contributed by atoms with Crippen molar-refractivity contribution in [3.8, 4) is 11.8 Å². The molecule has 4 heterocycles. The van der Waals surface area contributed by atoms with Gasteiger partial charge in [-0.2, -0.15) is 9.61 Å². The lowest BCUT2D eigenvalue weighted by molar-refractivity contribution is 0.356. The average Bonchev–Trinajstić information content (AvgIpc) is 3.04. The van der Waals surface area contributed by atoms with E-state index in [4.69, 9.17) is 0 Å². The van der Waals surface area contributed by atoms with Crippen LogP contribution in [0.3, 0.4) is 0 Å². The number of aromatic hydroxyl groups is 2. The number of anilines is 1. The molecule has 0 bridgehead atoms. The Kier molecular flexibility index (Phi) is 3.52. The van der Waals surface area contributed by atoms with Gasteiger partial charge < -0.3 is 15.5 Å². The maximum atomic E-state index is 13.7. The highest BCUT2D eigenvalue weighted by Crippen LogP contribution is 2.23. The van der Waals surface area contributed by atoms with E-state index in [1.165, 1.54) is 6.07 Å². The molecular formula is C17H19FN7O2+. The van der Waals surface area contributed by atoms with Gasteiger partial charge in [0.2, 0.25) is 5.65 Å². The van der Waals surface area contributed by atoms with Crippen LogP contribution in [0.1, 0.15) is 24.8 Å². The normalized spacial score (nSPS) is 22.7. The minimum Gasteiger partial charge on any atom is -0.494 e. The highest BCUT2D eigenvalue weighted by Gasteiger charge is 2.28. The largest absolute Gasteiger partial charge is 0.494 e. The molecule has 2 fully saturated rings. The topological polar surface area (TPSA) is 114 Å². The number of fused-ring (bicyclic) bond motifs is 1. The van der Waals surface area contributed by atoms with Gasteiger partial charge in [-0.05, 0) is 28.9 Å². The second-order valence-corrected chi connectivity index (χ2v) is 7.04. The summed E-state index contributed by atoms with van der Waals surface area (Å²) in [5, 5.41) is 27.7. The van der Waals surface area contributed by atoms with Crippen LogP contribution in [0.15, 0.2) is 12.3 Å². The minimum absolute atomic E-state index is 0.132. The Bertz CT molecular complexity index is 1150. The molecule has 1 saturated heterocycles. The summed E-state index contributed by atoms with van der Waals surface area (Å²) in [7, 11) is 0. The molecule has 0 spiro atoms. The molecule has 1 aliphatic heterocycles. The quantitative estimate of drug-likeness (QED) is 0.461. The van der Waals surface area contributed by atoms with E-state index in [0.717, 1.165) is 12.8 Å². The van der Waals surface area contributed by atoms with Gasteiger partial charge in [0.1, 0.15) is 6.17 Å². The van der Waals surface area contributed by atoms with E-state index in [1.807, 2.05) is 4.58 Å². The number of aromatic nitrogens is 5. The van der Waals surface area contributed by atoms with Gasteiger partial charge in [-0.3, -0.25) is 9.56 Å². The smallest absolute Gasteiger partial charge is 0.434 e. The van der Waals surface area contributed by atoms with Gasteiger partial charge in [-0.1, -0.05) is 0 Å². The number of rotatable bonds is 3. The van der Waals surface area contributed by atoms with E-state index in [1.54, 1.807) is 16.8 Å². The van der Waals surface area contributed by atoms with E-state index < -0.39 is 6.17 Å². The molecule has 1 atom stereocenters. The number of H-pyrrole nitrogens is 1. The molecule has 2 aliphatic rings. The molecule has 0 aromatic carbocycles. The summed E-state index contributed by atoms with van der Waals surface area (Å²) in [4.78, 5) is 11.6. The first-order valence-electron chi connectivity index (χ1n) is 8.94. The standard InChI is InChI=1S/C17H18FN7O2/c18-11-3-4-24(8-11)16-22-14-10(5-9-6-13(26)21-15(9)27)7-19-25(14)17(23-16)20-12-1-2-12/h5-7,11-12H,1-4,8H2,(H3,19,20,21,22,23,26,27)/p+1. The molecule has 1 aliphatic carbocycles. The van der Waals surface area contributed by atoms with Gasteiger partial charge in [-0.15, -0.1) is 0 Å². The third-order valence-electron chi connectivity index (χ3n) is 4.83. The first-order valence-corrected chi connectivity index (χ1v) is 8.94. The molecule has 0 amide bonds. The fraction of sp³-hybridized carbons (Fsp3) is 0.412. The molecule has 140 valence electrons. The van der Waals surface area contributed by atoms with E-state index in [-0.39, 0.29) is 18.3 Å². The molecule has 3 aromatic rings. The summed E-state index contributed by atoms with van der Waals surface area (Å²) in [6, 6.07) is 1.78. The zero-order valence-corrected chi connectivity index (χ0v) is 14.4. The average molecular weight is 372 g/mol. The van der Waals surface area contributed by atoms with Crippen molar-refractivity contribution in [2.45, 2.75) is 31.5 Å². The van der Waals surface area contributed by atoms with Crippen molar-refractivity contribution < 1.29 is 14.6 Å². The van der Waals surface area contributed by atoms with Crippen LogP contribution in [-0.2, 0) is 0 Å². The number of aromatic amines is 1. The maximum absolute atomic E-state index is 13.7. The summed E-state index contributed by atoms with van der Waals surface area (Å²) in [5.74, 6) is 0.297. The zero-order chi connectivity index (χ0) is 18.5. The van der Waals surface area contributed by atoms with Crippen molar-refractivity contribution in [3.63, 3.8) is 0 Å². The van der Waals surface area contributed by atoms with E-state index in [9.17, 15) is 14.6 Å². The molecule has 9 nitrogen and oxygen atoms in total. The summed E-state index contributed by atoms with van der Waals surface area (Å²) >= 11 is 0. The number of hydrogen-bond acceptors (Lipinski definition) is 6. The van der Waals surface area contributed by atoms with Crippen molar-refractivity contribution in [1.29, 1.82) is 0 Å². The van der Waals surface area contributed by atoms with Crippen molar-refractivity contribution in [2.24, 2.45) is 0 Å². The number of halogens is 1.